The molecule has 0 fully saturated rings. The van der Waals surface area contributed by atoms with E-state index < -0.39 is 11.9 Å². The molecule has 0 bridgehead atoms. The standard InChI is InChI=1S/C22H23N5O6S/c1-5-32-22(31)18-10(2)17-19(23)26-16(27-20(17)34-18)9-33-21(30)13-6-14(24-11(3)28)8-15(7-13)25-12(4)29/h6-8H,5,9H2,1-4H3,(H,24,28)(H,25,29)(H2,23,26,27). The number of nitrogens with two attached hydrogens (primary N) is 1. The van der Waals surface area contributed by atoms with Gasteiger partial charge in [0.2, 0.25) is 11.8 Å². The van der Waals surface area contributed by atoms with Crippen LogP contribution < -0.4 is 16.4 Å². The average Bonchev–Trinajstić information content (AvgIpc) is 3.08. The fraction of sp³-hybridized carbons (Fsp3) is 0.273. The SMILES string of the molecule is CCOC(=O)c1sc2nc(COC(=O)c3cc(NC(C)=O)cc(NC(C)=O)c3)nc(N)c2c1C. The van der Waals surface area contributed by atoms with Gasteiger partial charge in [-0.05, 0) is 37.6 Å². The number of aromatic nitrogens is 2. The van der Waals surface area contributed by atoms with Crippen LogP contribution in [0.15, 0.2) is 18.2 Å². The Morgan fingerprint density at radius 1 is 0.971 bits per heavy atom. The van der Waals surface area contributed by atoms with Crippen LogP contribution in [0, 0.1) is 6.92 Å². The molecule has 4 N–H and O–H groups in total. The predicted molar refractivity (Wildman–Crippen MR) is 127 cm³/mol. The maximum atomic E-state index is 12.7. The molecule has 178 valence electrons. The van der Waals surface area contributed by atoms with E-state index in [-0.39, 0.29) is 42.2 Å². The lowest BCUT2D eigenvalue weighted by molar-refractivity contribution is -0.115. The maximum absolute atomic E-state index is 12.7. The third kappa shape index (κ3) is 5.64. The van der Waals surface area contributed by atoms with E-state index in [1.165, 1.54) is 32.0 Å². The first-order valence-electron chi connectivity index (χ1n) is 10.2. The van der Waals surface area contributed by atoms with E-state index in [9.17, 15) is 19.2 Å². The molecule has 11 nitrogen and oxygen atoms in total. The number of esters is 2. The van der Waals surface area contributed by atoms with Gasteiger partial charge in [-0.1, -0.05) is 0 Å². The number of aryl methyl sites for hydroxylation is 1. The van der Waals surface area contributed by atoms with Crippen LogP contribution in [0.5, 0.6) is 0 Å². The third-order valence-electron chi connectivity index (χ3n) is 4.47. The van der Waals surface area contributed by atoms with Crippen LogP contribution in [0.2, 0.25) is 0 Å². The Kier molecular flexibility index (Phi) is 7.41. The molecule has 0 atom stereocenters. The summed E-state index contributed by atoms with van der Waals surface area (Å²) in [4.78, 5) is 57.1. The van der Waals surface area contributed by atoms with Crippen molar-refractivity contribution in [2.45, 2.75) is 34.3 Å². The Labute approximate surface area is 198 Å². The lowest BCUT2D eigenvalue weighted by Gasteiger charge is -2.10. The van der Waals surface area contributed by atoms with Gasteiger partial charge in [0.1, 0.15) is 15.5 Å². The van der Waals surface area contributed by atoms with Gasteiger partial charge in [-0.15, -0.1) is 11.3 Å². The van der Waals surface area contributed by atoms with E-state index >= 15 is 0 Å². The zero-order valence-corrected chi connectivity index (χ0v) is 19.8. The molecule has 3 aromatic rings. The van der Waals surface area contributed by atoms with E-state index in [1.807, 2.05) is 0 Å². The summed E-state index contributed by atoms with van der Waals surface area (Å²) in [5.41, 5.74) is 7.43. The molecule has 12 heteroatoms. The molecular weight excluding hydrogens is 462 g/mol. The number of hydrogen-bond donors (Lipinski definition) is 3. The third-order valence-corrected chi connectivity index (χ3v) is 5.63. The number of carbonyl (C=O) groups is 4. The average molecular weight is 486 g/mol. The molecule has 1 aromatic carbocycles. The second kappa shape index (κ2) is 10.3. The van der Waals surface area contributed by atoms with E-state index in [0.29, 0.717) is 32.0 Å². The van der Waals surface area contributed by atoms with Gasteiger partial charge in [0.25, 0.3) is 0 Å². The van der Waals surface area contributed by atoms with E-state index in [0.717, 1.165) is 11.3 Å². The molecule has 2 aromatic heterocycles. The fourth-order valence-corrected chi connectivity index (χ4v) is 4.28. The van der Waals surface area contributed by atoms with Gasteiger partial charge >= 0.3 is 11.9 Å². The van der Waals surface area contributed by atoms with E-state index in [1.54, 1.807) is 13.8 Å². The lowest BCUT2D eigenvalue weighted by Crippen LogP contribution is -2.12. The summed E-state index contributed by atoms with van der Waals surface area (Å²) in [7, 11) is 0. The minimum absolute atomic E-state index is 0.0978. The van der Waals surface area contributed by atoms with Crippen LogP contribution in [0.25, 0.3) is 10.2 Å². The number of anilines is 3. The van der Waals surface area contributed by atoms with Crippen molar-refractivity contribution in [3.63, 3.8) is 0 Å². The van der Waals surface area contributed by atoms with E-state index in [2.05, 4.69) is 20.6 Å². The minimum Gasteiger partial charge on any atom is -0.462 e. The molecule has 0 spiro atoms. The molecule has 0 saturated carbocycles. The van der Waals surface area contributed by atoms with Crippen LogP contribution >= 0.6 is 11.3 Å². The number of nitrogens with zero attached hydrogens (tertiary/aromatic N) is 2. The molecule has 2 heterocycles. The van der Waals surface area contributed by atoms with Crippen LogP contribution in [0.1, 0.15) is 52.2 Å². The summed E-state index contributed by atoms with van der Waals surface area (Å²) in [6, 6.07) is 4.35. The Balaban J connectivity index is 1.83. The first-order chi connectivity index (χ1) is 16.1. The maximum Gasteiger partial charge on any atom is 0.348 e. The number of amides is 2. The number of rotatable bonds is 7. The van der Waals surface area contributed by atoms with Crippen molar-refractivity contribution in [2.24, 2.45) is 0 Å². The highest BCUT2D eigenvalue weighted by atomic mass is 32.1. The second-order valence-electron chi connectivity index (χ2n) is 7.22. The molecule has 0 saturated heterocycles. The lowest BCUT2D eigenvalue weighted by atomic mass is 10.1. The van der Waals surface area contributed by atoms with Crippen LogP contribution in [0.4, 0.5) is 17.2 Å². The Hall–Kier alpha value is -4.06. The molecule has 0 aliphatic carbocycles. The number of nitrogen functional groups attached to an aromatic ring is 1. The molecule has 0 aliphatic rings. The van der Waals surface area contributed by atoms with E-state index in [4.69, 9.17) is 15.2 Å². The number of ether oxygens (including phenoxy) is 2. The van der Waals surface area contributed by atoms with Gasteiger partial charge < -0.3 is 25.8 Å². The van der Waals surface area contributed by atoms with Crippen molar-refractivity contribution in [2.75, 3.05) is 23.0 Å². The predicted octanol–water partition coefficient (Wildman–Crippen LogP) is 3.03. The molecule has 3 rings (SSSR count). The molecule has 0 unspecified atom stereocenters. The summed E-state index contributed by atoms with van der Waals surface area (Å²) in [5, 5.41) is 5.68. The fourth-order valence-electron chi connectivity index (χ4n) is 3.18. The second-order valence-corrected chi connectivity index (χ2v) is 8.22. The normalized spacial score (nSPS) is 10.6. The highest BCUT2D eigenvalue weighted by molar-refractivity contribution is 7.20. The summed E-state index contributed by atoms with van der Waals surface area (Å²) in [5.74, 6) is -1.58. The highest BCUT2D eigenvalue weighted by Gasteiger charge is 2.21. The van der Waals surface area contributed by atoms with Gasteiger partial charge in [-0.25, -0.2) is 19.6 Å². The minimum atomic E-state index is -0.726. The van der Waals surface area contributed by atoms with Crippen molar-refractivity contribution < 1.29 is 28.7 Å². The number of thiophene rings is 1. The quantitative estimate of drug-likeness (QED) is 0.427. The van der Waals surface area contributed by atoms with Crippen molar-refractivity contribution in [3.05, 3.63) is 40.0 Å². The van der Waals surface area contributed by atoms with Crippen LogP contribution in [-0.2, 0) is 25.7 Å². The van der Waals surface area contributed by atoms with Crippen molar-refractivity contribution in [1.29, 1.82) is 0 Å². The molecule has 34 heavy (non-hydrogen) atoms. The topological polar surface area (TPSA) is 163 Å². The Morgan fingerprint density at radius 3 is 2.15 bits per heavy atom. The zero-order valence-electron chi connectivity index (χ0n) is 19.0. The number of nitrogens with one attached hydrogen (secondary N) is 2. The summed E-state index contributed by atoms with van der Waals surface area (Å²) in [6.07, 6.45) is 0. The molecule has 0 radical (unpaired) electrons. The number of benzene rings is 1. The zero-order chi connectivity index (χ0) is 25.0. The highest BCUT2D eigenvalue weighted by Crippen LogP contribution is 2.33. The van der Waals surface area contributed by atoms with Gasteiger partial charge in [-0.3, -0.25) is 9.59 Å². The summed E-state index contributed by atoms with van der Waals surface area (Å²) >= 11 is 1.12. The monoisotopic (exact) mass is 485 g/mol. The van der Waals surface area contributed by atoms with Crippen LogP contribution in [0.3, 0.4) is 0 Å². The smallest absolute Gasteiger partial charge is 0.348 e. The van der Waals surface area contributed by atoms with Gasteiger partial charge in [0.15, 0.2) is 12.4 Å². The van der Waals surface area contributed by atoms with Gasteiger partial charge in [0, 0.05) is 25.2 Å². The Bertz CT molecular complexity index is 1270. The summed E-state index contributed by atoms with van der Waals surface area (Å²) < 4.78 is 10.4. The molecule has 0 aliphatic heterocycles. The van der Waals surface area contributed by atoms with Crippen molar-refractivity contribution in [1.82, 2.24) is 9.97 Å². The van der Waals surface area contributed by atoms with Crippen molar-refractivity contribution >= 4 is 62.5 Å². The number of hydrogen-bond acceptors (Lipinski definition) is 10. The van der Waals surface area contributed by atoms with Gasteiger partial charge in [-0.2, -0.15) is 0 Å². The van der Waals surface area contributed by atoms with Crippen molar-refractivity contribution in [3.8, 4) is 0 Å². The molecular formula is C22H23N5O6S. The first kappa shape index (κ1) is 24.6. The largest absolute Gasteiger partial charge is 0.462 e. The molecule has 2 amide bonds. The van der Waals surface area contributed by atoms with Crippen LogP contribution in [-0.4, -0.2) is 40.3 Å². The summed E-state index contributed by atoms with van der Waals surface area (Å²) in [6.45, 7) is 6.04. The first-order valence-corrected chi connectivity index (χ1v) is 11.0. The Morgan fingerprint density at radius 2 is 1.59 bits per heavy atom. The number of fused-ring (bicyclic) bond motifs is 1. The van der Waals surface area contributed by atoms with Gasteiger partial charge in [0.05, 0.1) is 17.6 Å². The number of carbonyl (C=O) groups excluding carboxylic acids is 4.